The molecule has 17 heavy (non-hydrogen) atoms. The van der Waals surface area contributed by atoms with E-state index >= 15 is 0 Å². The Morgan fingerprint density at radius 1 is 1.53 bits per heavy atom. The van der Waals surface area contributed by atoms with Crippen LogP contribution in [0.25, 0.3) is 0 Å². The zero-order valence-electron chi connectivity index (χ0n) is 10.8. The Balaban J connectivity index is 3.21. The maximum absolute atomic E-state index is 12.0. The third-order valence-electron chi connectivity index (χ3n) is 2.34. The Morgan fingerprint density at radius 2 is 2.12 bits per heavy atom. The van der Waals surface area contributed by atoms with Crippen LogP contribution in [-0.2, 0) is 19.1 Å². The Morgan fingerprint density at radius 3 is 2.59 bits per heavy atom. The second-order valence-electron chi connectivity index (χ2n) is 4.67. The summed E-state index contributed by atoms with van der Waals surface area (Å²) in [6.07, 6.45) is 0.165. The van der Waals surface area contributed by atoms with E-state index in [2.05, 4.69) is 6.58 Å². The topological polar surface area (TPSA) is 52.6 Å². The average Bonchev–Trinajstić information content (AvgIpc) is 2.14. The normalized spacial score (nSPS) is 18.7. The Kier molecular flexibility index (Phi) is 3.76. The van der Waals surface area contributed by atoms with E-state index in [-0.39, 0.29) is 30.1 Å². The van der Waals surface area contributed by atoms with Gasteiger partial charge in [-0.15, -0.1) is 0 Å². The van der Waals surface area contributed by atoms with Gasteiger partial charge in [0.2, 0.25) is 0 Å². The smallest absolute Gasteiger partial charge is 0.345 e. The van der Waals surface area contributed by atoms with Gasteiger partial charge in [0.05, 0.1) is 13.0 Å². The summed E-state index contributed by atoms with van der Waals surface area (Å²) < 4.78 is 10.5. The molecule has 0 aromatic heterocycles. The van der Waals surface area contributed by atoms with E-state index < -0.39 is 11.6 Å². The minimum absolute atomic E-state index is 0.0151. The monoisotopic (exact) mass is 238 g/mol. The highest BCUT2D eigenvalue weighted by Gasteiger charge is 2.38. The number of ether oxygens (including phenoxy) is 2. The largest absolute Gasteiger partial charge is 0.486 e. The molecule has 1 aliphatic heterocycles. The third-order valence-corrected chi connectivity index (χ3v) is 2.34. The van der Waals surface area contributed by atoms with Crippen molar-refractivity contribution in [2.75, 3.05) is 6.61 Å². The molecule has 0 unspecified atom stereocenters. The van der Waals surface area contributed by atoms with Crippen molar-refractivity contribution >= 4 is 11.8 Å². The number of ketones is 1. The number of rotatable bonds is 3. The molecule has 1 rings (SSSR count). The number of hydrogen-bond acceptors (Lipinski definition) is 4. The fourth-order valence-electron chi connectivity index (χ4n) is 1.68. The molecule has 0 amide bonds. The summed E-state index contributed by atoms with van der Waals surface area (Å²) in [5.41, 5.74) is -0.0747. The maximum atomic E-state index is 12.0. The van der Waals surface area contributed by atoms with Crippen LogP contribution in [-0.4, -0.2) is 24.0 Å². The third kappa shape index (κ3) is 2.96. The van der Waals surface area contributed by atoms with Gasteiger partial charge in [0.1, 0.15) is 16.9 Å². The molecule has 1 heterocycles. The Bertz CT molecular complexity index is 402. The van der Waals surface area contributed by atoms with Gasteiger partial charge in [-0.05, 0) is 33.3 Å². The predicted octanol–water partition coefficient (Wildman–Crippen LogP) is 2.15. The zero-order chi connectivity index (χ0) is 13.2. The van der Waals surface area contributed by atoms with Crippen molar-refractivity contribution in [2.24, 2.45) is 0 Å². The van der Waals surface area contributed by atoms with Gasteiger partial charge >= 0.3 is 5.97 Å². The summed E-state index contributed by atoms with van der Waals surface area (Å²) in [6.45, 7) is 10.9. The van der Waals surface area contributed by atoms with Crippen LogP contribution in [0.3, 0.4) is 0 Å². The average molecular weight is 238 g/mol. The first kappa shape index (κ1) is 13.5. The van der Waals surface area contributed by atoms with Crippen LogP contribution < -0.4 is 0 Å². The van der Waals surface area contributed by atoms with Gasteiger partial charge in [0.25, 0.3) is 0 Å². The van der Waals surface area contributed by atoms with Crippen molar-refractivity contribution in [3.8, 4) is 0 Å². The van der Waals surface area contributed by atoms with E-state index in [9.17, 15) is 9.59 Å². The van der Waals surface area contributed by atoms with Gasteiger partial charge in [0, 0.05) is 0 Å². The minimum Gasteiger partial charge on any atom is -0.486 e. The van der Waals surface area contributed by atoms with Gasteiger partial charge in [-0.1, -0.05) is 6.58 Å². The van der Waals surface area contributed by atoms with E-state index in [1.165, 1.54) is 0 Å². The van der Waals surface area contributed by atoms with Crippen LogP contribution in [0.5, 0.6) is 0 Å². The van der Waals surface area contributed by atoms with Crippen molar-refractivity contribution in [3.63, 3.8) is 0 Å². The fraction of sp³-hybridized carbons (Fsp3) is 0.538. The van der Waals surface area contributed by atoms with Crippen LogP contribution in [0.1, 0.15) is 34.1 Å². The molecule has 0 aromatic rings. The van der Waals surface area contributed by atoms with Crippen LogP contribution in [0.15, 0.2) is 23.5 Å². The van der Waals surface area contributed by atoms with E-state index in [4.69, 9.17) is 9.47 Å². The van der Waals surface area contributed by atoms with Gasteiger partial charge in [-0.2, -0.15) is 0 Å². The number of esters is 1. The summed E-state index contributed by atoms with van der Waals surface area (Å²) in [5.74, 6) is -0.631. The molecular formula is C13H18O4. The van der Waals surface area contributed by atoms with E-state index in [1.807, 2.05) is 0 Å². The van der Waals surface area contributed by atoms with Gasteiger partial charge < -0.3 is 9.47 Å². The molecule has 94 valence electrons. The number of carbonyl (C=O) groups is 2. The van der Waals surface area contributed by atoms with E-state index in [1.54, 1.807) is 27.7 Å². The molecular weight excluding hydrogens is 220 g/mol. The maximum Gasteiger partial charge on any atom is 0.345 e. The van der Waals surface area contributed by atoms with Crippen molar-refractivity contribution < 1.29 is 19.1 Å². The lowest BCUT2D eigenvalue weighted by molar-refractivity contribution is -0.142. The van der Waals surface area contributed by atoms with Crippen LogP contribution in [0.2, 0.25) is 0 Å². The molecule has 1 aliphatic rings. The first-order valence-corrected chi connectivity index (χ1v) is 5.58. The molecule has 0 N–H and O–H groups in total. The van der Waals surface area contributed by atoms with E-state index in [0.29, 0.717) is 5.57 Å². The van der Waals surface area contributed by atoms with Crippen molar-refractivity contribution in [1.82, 2.24) is 0 Å². The number of Topliss-reactive ketones (excluding diaryl/α,β-unsaturated/α-hetero) is 1. The van der Waals surface area contributed by atoms with Gasteiger partial charge in [-0.25, -0.2) is 4.79 Å². The highest BCUT2D eigenvalue weighted by Crippen LogP contribution is 2.32. The fourth-order valence-corrected chi connectivity index (χ4v) is 1.68. The number of carbonyl (C=O) groups excluding carboxylic acids is 2. The summed E-state index contributed by atoms with van der Waals surface area (Å²) >= 11 is 0. The molecule has 0 saturated heterocycles. The van der Waals surface area contributed by atoms with Crippen LogP contribution in [0, 0.1) is 0 Å². The highest BCUT2D eigenvalue weighted by atomic mass is 16.5. The molecule has 0 bridgehead atoms. The lowest BCUT2D eigenvalue weighted by Gasteiger charge is -2.32. The zero-order valence-corrected chi connectivity index (χ0v) is 10.8. The molecule has 0 fully saturated rings. The van der Waals surface area contributed by atoms with Gasteiger partial charge in [-0.3, -0.25) is 4.79 Å². The summed E-state index contributed by atoms with van der Waals surface area (Å²) in [6, 6.07) is 0. The molecule has 4 nitrogen and oxygen atoms in total. The molecule has 0 aliphatic carbocycles. The summed E-state index contributed by atoms with van der Waals surface area (Å²) in [4.78, 5) is 23.7. The first-order valence-electron chi connectivity index (χ1n) is 5.58. The quantitative estimate of drug-likeness (QED) is 0.558. The van der Waals surface area contributed by atoms with Crippen LogP contribution in [0.4, 0.5) is 0 Å². The van der Waals surface area contributed by atoms with Gasteiger partial charge in [0.15, 0.2) is 5.78 Å². The summed E-state index contributed by atoms with van der Waals surface area (Å²) in [7, 11) is 0. The molecule has 0 spiro atoms. The summed E-state index contributed by atoms with van der Waals surface area (Å²) in [5, 5.41) is 0. The number of allylic oxidation sites excluding steroid dienone is 1. The Labute approximate surface area is 101 Å². The molecule has 4 heteroatoms. The van der Waals surface area contributed by atoms with Crippen molar-refractivity contribution in [1.29, 1.82) is 0 Å². The molecule has 0 aromatic carbocycles. The van der Waals surface area contributed by atoms with Crippen molar-refractivity contribution in [3.05, 3.63) is 23.5 Å². The van der Waals surface area contributed by atoms with Crippen LogP contribution >= 0.6 is 0 Å². The predicted molar refractivity (Wildman–Crippen MR) is 63.3 cm³/mol. The SMILES string of the molecule is C=C(C)C1=C(C(=O)OCC)C(=O)CC(C)(C)O1. The van der Waals surface area contributed by atoms with E-state index in [0.717, 1.165) is 0 Å². The molecule has 0 atom stereocenters. The number of hydrogen-bond donors (Lipinski definition) is 0. The lowest BCUT2D eigenvalue weighted by atomic mass is 9.91. The second kappa shape index (κ2) is 4.73. The lowest BCUT2D eigenvalue weighted by Crippen LogP contribution is -2.36. The van der Waals surface area contributed by atoms with Crippen molar-refractivity contribution in [2.45, 2.75) is 39.7 Å². The highest BCUT2D eigenvalue weighted by molar-refractivity contribution is 6.18. The standard InChI is InChI=1S/C13H18O4/c1-6-16-12(15)10-9(14)7-13(4,5)17-11(10)8(2)3/h2,6-7H2,1,3-5H3. The first-order chi connectivity index (χ1) is 7.78. The minimum atomic E-state index is -0.633. The second-order valence-corrected chi connectivity index (χ2v) is 4.67. The molecule has 0 saturated carbocycles. The Hall–Kier alpha value is -1.58. The molecule has 0 radical (unpaired) electrons.